The predicted molar refractivity (Wildman–Crippen MR) is 94.3 cm³/mol. The molecule has 0 aromatic heterocycles. The van der Waals surface area contributed by atoms with E-state index in [4.69, 9.17) is 9.47 Å². The Balaban J connectivity index is 1.47. The molecule has 0 bridgehead atoms. The quantitative estimate of drug-likeness (QED) is 0.761. The molecule has 1 saturated carbocycles. The van der Waals surface area contributed by atoms with Gasteiger partial charge in [-0.1, -0.05) is 19.1 Å². The largest absolute Gasteiger partial charge is 0.490 e. The van der Waals surface area contributed by atoms with E-state index >= 15 is 0 Å². The van der Waals surface area contributed by atoms with Gasteiger partial charge < -0.3 is 14.4 Å². The van der Waals surface area contributed by atoms with Gasteiger partial charge in [-0.05, 0) is 43.7 Å². The van der Waals surface area contributed by atoms with Gasteiger partial charge in [0.05, 0.1) is 6.61 Å². The summed E-state index contributed by atoms with van der Waals surface area (Å²) in [5.74, 6) is 3.28. The number of hydrogen-bond acceptors (Lipinski definition) is 3. The summed E-state index contributed by atoms with van der Waals surface area (Å²) in [7, 11) is 0. The van der Waals surface area contributed by atoms with Gasteiger partial charge in [0.1, 0.15) is 6.10 Å². The van der Waals surface area contributed by atoms with Crippen LogP contribution in [0.15, 0.2) is 24.3 Å². The number of likely N-dealkylation sites (tertiary alicyclic amines) is 1. The molecule has 0 radical (unpaired) electrons. The predicted octanol–water partition coefficient (Wildman–Crippen LogP) is 3.89. The second-order valence-corrected chi connectivity index (χ2v) is 7.10. The number of nitrogens with zero attached hydrogens (tertiary/aromatic N) is 1. The minimum absolute atomic E-state index is 0.163. The van der Waals surface area contributed by atoms with E-state index in [-0.39, 0.29) is 6.10 Å². The Morgan fingerprint density at radius 3 is 2.46 bits per heavy atom. The zero-order valence-corrected chi connectivity index (χ0v) is 14.9. The zero-order valence-electron chi connectivity index (χ0n) is 14.9. The first kappa shape index (κ1) is 17.1. The molecule has 4 heteroatoms. The van der Waals surface area contributed by atoms with Crippen LogP contribution >= 0.6 is 0 Å². The first-order valence-corrected chi connectivity index (χ1v) is 9.33. The molecule has 1 aromatic rings. The van der Waals surface area contributed by atoms with Crippen molar-refractivity contribution < 1.29 is 14.3 Å². The van der Waals surface area contributed by atoms with Crippen molar-refractivity contribution in [3.05, 3.63) is 24.3 Å². The lowest BCUT2D eigenvalue weighted by Gasteiger charge is -2.33. The van der Waals surface area contributed by atoms with Crippen molar-refractivity contribution in [1.82, 2.24) is 4.90 Å². The summed E-state index contributed by atoms with van der Waals surface area (Å²) in [4.78, 5) is 14.4. The van der Waals surface area contributed by atoms with Crippen LogP contribution in [0.25, 0.3) is 0 Å². The maximum absolute atomic E-state index is 12.4. The van der Waals surface area contributed by atoms with Crippen LogP contribution in [0, 0.1) is 11.8 Å². The number of piperidine rings is 1. The monoisotopic (exact) mass is 331 g/mol. The highest BCUT2D eigenvalue weighted by Gasteiger charge is 2.31. The zero-order chi connectivity index (χ0) is 16.9. The van der Waals surface area contributed by atoms with E-state index in [2.05, 4.69) is 6.92 Å². The molecule has 1 atom stereocenters. The Labute approximate surface area is 145 Å². The van der Waals surface area contributed by atoms with E-state index in [9.17, 15) is 4.79 Å². The van der Waals surface area contributed by atoms with E-state index in [1.807, 2.05) is 36.1 Å². The highest BCUT2D eigenvalue weighted by Crippen LogP contribution is 2.38. The maximum atomic E-state index is 12.4. The highest BCUT2D eigenvalue weighted by molar-refractivity contribution is 5.76. The van der Waals surface area contributed by atoms with E-state index in [0.29, 0.717) is 24.9 Å². The van der Waals surface area contributed by atoms with Gasteiger partial charge in [-0.3, -0.25) is 4.79 Å². The third kappa shape index (κ3) is 4.43. The fourth-order valence-corrected chi connectivity index (χ4v) is 3.46. The van der Waals surface area contributed by atoms with Crippen LogP contribution in [0.1, 0.15) is 46.0 Å². The summed E-state index contributed by atoms with van der Waals surface area (Å²) < 4.78 is 11.8. The van der Waals surface area contributed by atoms with Gasteiger partial charge in [-0.2, -0.15) is 0 Å². The van der Waals surface area contributed by atoms with Crippen molar-refractivity contribution in [3.8, 4) is 11.5 Å². The summed E-state index contributed by atoms with van der Waals surface area (Å²) in [6.45, 7) is 6.43. The third-order valence-corrected chi connectivity index (χ3v) is 5.16. The maximum Gasteiger partial charge on any atom is 0.222 e. The lowest BCUT2D eigenvalue weighted by molar-refractivity contribution is -0.134. The van der Waals surface area contributed by atoms with Crippen LogP contribution in [0.4, 0.5) is 0 Å². The smallest absolute Gasteiger partial charge is 0.222 e. The molecule has 0 N–H and O–H groups in total. The van der Waals surface area contributed by atoms with Crippen molar-refractivity contribution in [2.24, 2.45) is 11.8 Å². The number of amides is 1. The Hall–Kier alpha value is -1.71. The molecule has 24 heavy (non-hydrogen) atoms. The minimum Gasteiger partial charge on any atom is -0.490 e. The van der Waals surface area contributed by atoms with Gasteiger partial charge in [0.25, 0.3) is 0 Å². The molecule has 1 aromatic carbocycles. The first-order chi connectivity index (χ1) is 11.7. The fraction of sp³-hybridized carbons (Fsp3) is 0.650. The molecule has 1 amide bonds. The van der Waals surface area contributed by atoms with Crippen LogP contribution in [-0.2, 0) is 4.79 Å². The van der Waals surface area contributed by atoms with E-state index in [1.165, 1.54) is 12.8 Å². The molecule has 0 spiro atoms. The van der Waals surface area contributed by atoms with Crippen molar-refractivity contribution in [2.45, 2.75) is 52.1 Å². The van der Waals surface area contributed by atoms with Gasteiger partial charge in [0.15, 0.2) is 11.5 Å². The topological polar surface area (TPSA) is 38.8 Å². The summed E-state index contributed by atoms with van der Waals surface area (Å²) >= 11 is 0. The van der Waals surface area contributed by atoms with Gasteiger partial charge in [-0.15, -0.1) is 0 Å². The number of ether oxygens (including phenoxy) is 2. The van der Waals surface area contributed by atoms with E-state index in [1.54, 1.807) is 0 Å². The Bertz CT molecular complexity index is 548. The molecule has 0 unspecified atom stereocenters. The SMILES string of the molecule is CCOc1ccccc1OC1CCN(C(=O)C[C@H](C)C2CC2)CC1. The van der Waals surface area contributed by atoms with Gasteiger partial charge in [-0.25, -0.2) is 0 Å². The summed E-state index contributed by atoms with van der Waals surface area (Å²) in [5, 5.41) is 0. The molecular weight excluding hydrogens is 302 g/mol. The molecule has 3 rings (SSSR count). The molecule has 2 fully saturated rings. The Kier molecular flexibility index (Phi) is 5.64. The highest BCUT2D eigenvalue weighted by atomic mass is 16.5. The fourth-order valence-electron chi connectivity index (χ4n) is 3.46. The van der Waals surface area contributed by atoms with Gasteiger partial charge in [0, 0.05) is 32.4 Å². The lowest BCUT2D eigenvalue weighted by atomic mass is 10.00. The summed E-state index contributed by atoms with van der Waals surface area (Å²) in [6.07, 6.45) is 5.28. The first-order valence-electron chi connectivity index (χ1n) is 9.33. The number of rotatable bonds is 7. The van der Waals surface area contributed by atoms with E-state index < -0.39 is 0 Å². The van der Waals surface area contributed by atoms with Gasteiger partial charge in [0.2, 0.25) is 5.91 Å². The molecule has 132 valence electrons. The Morgan fingerprint density at radius 2 is 1.83 bits per heavy atom. The van der Waals surface area contributed by atoms with Crippen molar-refractivity contribution in [2.75, 3.05) is 19.7 Å². The van der Waals surface area contributed by atoms with Crippen molar-refractivity contribution >= 4 is 5.91 Å². The number of benzene rings is 1. The second kappa shape index (κ2) is 7.91. The lowest BCUT2D eigenvalue weighted by Crippen LogP contribution is -2.42. The standard InChI is InChI=1S/C20H29NO3/c1-3-23-18-6-4-5-7-19(18)24-17-10-12-21(13-11-17)20(22)14-15(2)16-8-9-16/h4-7,15-17H,3,8-14H2,1-2H3/t15-/m0/s1. The van der Waals surface area contributed by atoms with Crippen LogP contribution in [0.5, 0.6) is 11.5 Å². The third-order valence-electron chi connectivity index (χ3n) is 5.16. The van der Waals surface area contributed by atoms with Crippen molar-refractivity contribution in [3.63, 3.8) is 0 Å². The molecule has 1 aliphatic heterocycles. The van der Waals surface area contributed by atoms with Gasteiger partial charge >= 0.3 is 0 Å². The van der Waals surface area contributed by atoms with E-state index in [0.717, 1.165) is 43.3 Å². The van der Waals surface area contributed by atoms with Crippen LogP contribution in [-0.4, -0.2) is 36.6 Å². The molecule has 4 nitrogen and oxygen atoms in total. The number of para-hydroxylation sites is 2. The molecule has 1 saturated heterocycles. The molecule has 1 aliphatic carbocycles. The average molecular weight is 331 g/mol. The van der Waals surface area contributed by atoms with Crippen LogP contribution in [0.3, 0.4) is 0 Å². The Morgan fingerprint density at radius 1 is 1.17 bits per heavy atom. The van der Waals surface area contributed by atoms with Crippen LogP contribution < -0.4 is 9.47 Å². The number of hydrogen-bond donors (Lipinski definition) is 0. The number of carbonyl (C=O) groups excluding carboxylic acids is 1. The van der Waals surface area contributed by atoms with Crippen molar-refractivity contribution in [1.29, 1.82) is 0 Å². The normalized spacial score (nSPS) is 19.8. The second-order valence-electron chi connectivity index (χ2n) is 7.10. The number of carbonyl (C=O) groups is 1. The van der Waals surface area contributed by atoms with Crippen LogP contribution in [0.2, 0.25) is 0 Å². The average Bonchev–Trinajstić information content (AvgIpc) is 3.42. The minimum atomic E-state index is 0.163. The molecule has 1 heterocycles. The summed E-state index contributed by atoms with van der Waals surface area (Å²) in [5.41, 5.74) is 0. The molecule has 2 aliphatic rings. The summed E-state index contributed by atoms with van der Waals surface area (Å²) in [6, 6.07) is 7.83. The molecular formula is C20H29NO3.